The Kier molecular flexibility index (Phi) is 4.37. The Morgan fingerprint density at radius 1 is 1.53 bits per heavy atom. The number of nitrogens with one attached hydrogen (secondary N) is 2. The van der Waals surface area contributed by atoms with Crippen LogP contribution in [0.25, 0.3) is 0 Å². The van der Waals surface area contributed by atoms with Gasteiger partial charge in [0.15, 0.2) is 0 Å². The number of hydrogen-bond donors (Lipinski definition) is 2. The number of amides is 1. The van der Waals surface area contributed by atoms with Gasteiger partial charge in [-0.05, 0) is 45.0 Å². The molecule has 0 radical (unpaired) electrons. The Morgan fingerprint density at radius 3 is 2.95 bits per heavy atom. The quantitative estimate of drug-likeness (QED) is 0.853. The van der Waals surface area contributed by atoms with E-state index in [0.29, 0.717) is 11.5 Å². The van der Waals surface area contributed by atoms with Crippen LogP contribution in [0.5, 0.6) is 0 Å². The number of aromatic nitrogens is 1. The summed E-state index contributed by atoms with van der Waals surface area (Å²) in [5.74, 6) is 1.28. The number of likely N-dealkylation sites (tertiary alicyclic amines) is 1. The van der Waals surface area contributed by atoms with Crippen molar-refractivity contribution in [2.24, 2.45) is 5.92 Å². The second-order valence-corrected chi connectivity index (χ2v) is 5.26. The lowest BCUT2D eigenvalue weighted by Gasteiger charge is -2.12. The number of carbonyl (C=O) groups excluding carboxylic acids is 1. The summed E-state index contributed by atoms with van der Waals surface area (Å²) in [5.41, 5.74) is 1.51. The third-order valence-electron chi connectivity index (χ3n) is 3.51. The Hall–Kier alpha value is -1.62. The third kappa shape index (κ3) is 3.67. The van der Waals surface area contributed by atoms with Crippen LogP contribution in [0.1, 0.15) is 22.5 Å². The molecule has 2 heterocycles. The molecular formula is C14H22N4O. The molecule has 1 atom stereocenters. The normalized spacial score (nSPS) is 19.4. The summed E-state index contributed by atoms with van der Waals surface area (Å²) in [6, 6.07) is 3.60. The van der Waals surface area contributed by atoms with Crippen LogP contribution in [-0.4, -0.2) is 49.5 Å². The molecular weight excluding hydrogens is 240 g/mol. The van der Waals surface area contributed by atoms with Gasteiger partial charge in [-0.2, -0.15) is 0 Å². The lowest BCUT2D eigenvalue weighted by atomic mass is 10.1. The van der Waals surface area contributed by atoms with Gasteiger partial charge in [-0.1, -0.05) is 0 Å². The van der Waals surface area contributed by atoms with Crippen LogP contribution >= 0.6 is 0 Å². The van der Waals surface area contributed by atoms with Crippen molar-refractivity contribution in [1.82, 2.24) is 15.2 Å². The highest BCUT2D eigenvalue weighted by Gasteiger charge is 2.20. The second kappa shape index (κ2) is 6.02. The molecule has 0 spiro atoms. The fourth-order valence-electron chi connectivity index (χ4n) is 2.46. The Bertz CT molecular complexity index is 461. The minimum atomic E-state index is -0.0171. The first-order valence-corrected chi connectivity index (χ1v) is 6.71. The molecule has 5 nitrogen and oxygen atoms in total. The topological polar surface area (TPSA) is 57.3 Å². The maximum Gasteiger partial charge on any atom is 0.251 e. The van der Waals surface area contributed by atoms with E-state index in [1.807, 2.05) is 13.0 Å². The van der Waals surface area contributed by atoms with Gasteiger partial charge in [0.05, 0.1) is 0 Å². The summed E-state index contributed by atoms with van der Waals surface area (Å²) < 4.78 is 0. The van der Waals surface area contributed by atoms with Gasteiger partial charge in [0.1, 0.15) is 5.82 Å². The third-order valence-corrected chi connectivity index (χ3v) is 3.51. The summed E-state index contributed by atoms with van der Waals surface area (Å²) >= 11 is 0. The number of nitrogens with zero attached hydrogens (tertiary/aromatic N) is 2. The summed E-state index contributed by atoms with van der Waals surface area (Å²) in [6.45, 7) is 4.83. The largest absolute Gasteiger partial charge is 0.373 e. The van der Waals surface area contributed by atoms with Crippen molar-refractivity contribution in [2.45, 2.75) is 13.3 Å². The zero-order valence-corrected chi connectivity index (χ0v) is 11.9. The summed E-state index contributed by atoms with van der Waals surface area (Å²) in [4.78, 5) is 18.7. The fourth-order valence-corrected chi connectivity index (χ4v) is 2.46. The molecule has 1 fully saturated rings. The molecule has 0 aromatic carbocycles. The van der Waals surface area contributed by atoms with E-state index in [1.54, 1.807) is 13.1 Å². The molecule has 1 saturated heterocycles. The van der Waals surface area contributed by atoms with Gasteiger partial charge in [-0.15, -0.1) is 0 Å². The van der Waals surface area contributed by atoms with Gasteiger partial charge in [-0.25, -0.2) is 4.98 Å². The Balaban J connectivity index is 1.94. The van der Waals surface area contributed by atoms with Crippen molar-refractivity contribution in [3.8, 4) is 0 Å². The molecule has 1 aromatic heterocycles. The molecule has 1 amide bonds. The minimum Gasteiger partial charge on any atom is -0.373 e. The molecule has 0 bridgehead atoms. The van der Waals surface area contributed by atoms with Gasteiger partial charge in [0, 0.05) is 31.4 Å². The van der Waals surface area contributed by atoms with Gasteiger partial charge in [0.2, 0.25) is 0 Å². The van der Waals surface area contributed by atoms with Crippen molar-refractivity contribution in [2.75, 3.05) is 39.0 Å². The number of pyridine rings is 1. The molecule has 5 heteroatoms. The van der Waals surface area contributed by atoms with Gasteiger partial charge < -0.3 is 15.5 Å². The highest BCUT2D eigenvalue weighted by Crippen LogP contribution is 2.14. The van der Waals surface area contributed by atoms with Crippen LogP contribution in [0.3, 0.4) is 0 Å². The number of carbonyl (C=O) groups is 1. The number of anilines is 1. The molecule has 104 valence electrons. The number of aryl methyl sites for hydroxylation is 1. The van der Waals surface area contributed by atoms with E-state index < -0.39 is 0 Å². The Labute approximate surface area is 114 Å². The van der Waals surface area contributed by atoms with E-state index in [1.165, 1.54) is 0 Å². The molecule has 0 saturated carbocycles. The summed E-state index contributed by atoms with van der Waals surface area (Å²) in [7, 11) is 3.92. The van der Waals surface area contributed by atoms with Crippen LogP contribution in [0.2, 0.25) is 0 Å². The lowest BCUT2D eigenvalue weighted by Crippen LogP contribution is -2.30. The summed E-state index contributed by atoms with van der Waals surface area (Å²) in [6.07, 6.45) is 1.16. The highest BCUT2D eigenvalue weighted by atomic mass is 16.1. The van der Waals surface area contributed by atoms with Gasteiger partial charge >= 0.3 is 0 Å². The van der Waals surface area contributed by atoms with E-state index in [0.717, 1.165) is 37.6 Å². The zero-order valence-electron chi connectivity index (χ0n) is 11.9. The molecule has 0 aliphatic carbocycles. The van der Waals surface area contributed by atoms with Crippen molar-refractivity contribution in [1.29, 1.82) is 0 Å². The molecule has 1 aromatic rings. The molecule has 2 rings (SSSR count). The predicted molar refractivity (Wildman–Crippen MR) is 76.5 cm³/mol. The first-order valence-electron chi connectivity index (χ1n) is 6.71. The van der Waals surface area contributed by atoms with E-state index in [4.69, 9.17) is 0 Å². The molecule has 2 N–H and O–H groups in total. The standard InChI is InChI=1S/C14H22N4O/c1-10-6-12(7-13(15-2)17-10)14(19)16-8-11-4-5-18(3)9-11/h6-7,11H,4-5,8-9H2,1-3H3,(H,15,17)(H,16,19). The van der Waals surface area contributed by atoms with Crippen LogP contribution in [-0.2, 0) is 0 Å². The van der Waals surface area contributed by atoms with Crippen LogP contribution in [0.4, 0.5) is 5.82 Å². The summed E-state index contributed by atoms with van der Waals surface area (Å²) in [5, 5.41) is 5.99. The van der Waals surface area contributed by atoms with Crippen LogP contribution in [0, 0.1) is 12.8 Å². The zero-order chi connectivity index (χ0) is 13.8. The smallest absolute Gasteiger partial charge is 0.251 e. The van der Waals surface area contributed by atoms with Crippen molar-refractivity contribution in [3.05, 3.63) is 23.4 Å². The van der Waals surface area contributed by atoms with E-state index in [9.17, 15) is 4.79 Å². The monoisotopic (exact) mass is 262 g/mol. The number of rotatable bonds is 4. The second-order valence-electron chi connectivity index (χ2n) is 5.26. The van der Waals surface area contributed by atoms with Crippen molar-refractivity contribution in [3.63, 3.8) is 0 Å². The lowest BCUT2D eigenvalue weighted by molar-refractivity contribution is 0.0947. The van der Waals surface area contributed by atoms with Crippen LogP contribution in [0.15, 0.2) is 12.1 Å². The first-order chi connectivity index (χ1) is 9.08. The minimum absolute atomic E-state index is 0.0171. The average molecular weight is 262 g/mol. The molecule has 19 heavy (non-hydrogen) atoms. The van der Waals surface area contributed by atoms with E-state index in [-0.39, 0.29) is 5.91 Å². The van der Waals surface area contributed by atoms with Gasteiger partial charge in [-0.3, -0.25) is 4.79 Å². The van der Waals surface area contributed by atoms with Crippen molar-refractivity contribution >= 4 is 11.7 Å². The predicted octanol–water partition coefficient (Wildman–Crippen LogP) is 1.11. The fraction of sp³-hybridized carbons (Fsp3) is 0.571. The van der Waals surface area contributed by atoms with E-state index in [2.05, 4.69) is 27.6 Å². The SMILES string of the molecule is CNc1cc(C(=O)NCC2CCN(C)C2)cc(C)n1. The van der Waals surface area contributed by atoms with Gasteiger partial charge in [0.25, 0.3) is 5.91 Å². The molecule has 1 unspecified atom stereocenters. The maximum absolute atomic E-state index is 12.1. The maximum atomic E-state index is 12.1. The van der Waals surface area contributed by atoms with Crippen LogP contribution < -0.4 is 10.6 Å². The average Bonchev–Trinajstić information content (AvgIpc) is 2.81. The molecule has 1 aliphatic heterocycles. The first kappa shape index (κ1) is 13.8. The number of hydrogen-bond acceptors (Lipinski definition) is 4. The van der Waals surface area contributed by atoms with Crippen molar-refractivity contribution < 1.29 is 4.79 Å². The molecule has 1 aliphatic rings. The highest BCUT2D eigenvalue weighted by molar-refractivity contribution is 5.95. The van der Waals surface area contributed by atoms with E-state index >= 15 is 0 Å². The Morgan fingerprint density at radius 2 is 2.32 bits per heavy atom.